The maximum Gasteiger partial charge on any atom is 0.155 e. The summed E-state index contributed by atoms with van der Waals surface area (Å²) in [4.78, 5) is 9.05. The Morgan fingerprint density at radius 2 is 2.17 bits per heavy atom. The van der Waals surface area contributed by atoms with E-state index >= 15 is 0 Å². The molecule has 4 rings (SSSR count). The predicted molar refractivity (Wildman–Crippen MR) is 96.4 cm³/mol. The summed E-state index contributed by atoms with van der Waals surface area (Å²) in [6, 6.07) is 11.8. The molecule has 0 saturated heterocycles. The maximum atomic E-state index is 6.40. The van der Waals surface area contributed by atoms with Crippen LogP contribution in [-0.4, -0.2) is 10.7 Å². The van der Waals surface area contributed by atoms with Gasteiger partial charge in [-0.3, -0.25) is 0 Å². The minimum Gasteiger partial charge on any atom is -0.467 e. The zero-order valence-corrected chi connectivity index (χ0v) is 14.0. The van der Waals surface area contributed by atoms with E-state index in [4.69, 9.17) is 16.0 Å². The molecule has 1 aromatic carbocycles. The quantitative estimate of drug-likeness (QED) is 0.734. The van der Waals surface area contributed by atoms with Crippen LogP contribution in [0, 0.1) is 6.92 Å². The van der Waals surface area contributed by atoms with Crippen LogP contribution in [0.4, 0.5) is 11.5 Å². The molecular formula is C19H16ClN3O. The molecule has 0 unspecified atom stereocenters. The number of nitrogens with one attached hydrogen (secondary N) is 1. The Hall–Kier alpha value is -2.59. The average Bonchev–Trinajstić information content (AvgIpc) is 3.22. The van der Waals surface area contributed by atoms with Crippen LogP contribution < -0.4 is 5.32 Å². The number of halogens is 1. The molecule has 0 saturated carbocycles. The van der Waals surface area contributed by atoms with Gasteiger partial charge in [-0.15, -0.1) is 0 Å². The first-order valence-corrected chi connectivity index (χ1v) is 8.16. The van der Waals surface area contributed by atoms with Gasteiger partial charge in [-0.1, -0.05) is 17.7 Å². The van der Waals surface area contributed by atoms with Crippen molar-refractivity contribution in [3.63, 3.8) is 0 Å². The number of aliphatic imine (C=N–C) groups is 1. The average molecular weight is 338 g/mol. The van der Waals surface area contributed by atoms with E-state index in [1.54, 1.807) is 6.26 Å². The molecule has 120 valence electrons. The van der Waals surface area contributed by atoms with E-state index in [1.807, 2.05) is 43.5 Å². The van der Waals surface area contributed by atoms with Crippen molar-refractivity contribution in [2.75, 3.05) is 5.32 Å². The fourth-order valence-corrected chi connectivity index (χ4v) is 3.04. The second kappa shape index (κ2) is 6.13. The fraction of sp³-hybridized carbons (Fsp3) is 0.158. The van der Waals surface area contributed by atoms with E-state index in [1.165, 1.54) is 0 Å². The first-order valence-electron chi connectivity index (χ1n) is 7.78. The lowest BCUT2D eigenvalue weighted by molar-refractivity contribution is 0.518. The Kier molecular flexibility index (Phi) is 3.82. The van der Waals surface area contributed by atoms with Gasteiger partial charge in [0.2, 0.25) is 0 Å². The number of anilines is 1. The minimum absolute atomic E-state index is 0.627. The van der Waals surface area contributed by atoms with Crippen molar-refractivity contribution in [2.24, 2.45) is 4.99 Å². The van der Waals surface area contributed by atoms with Crippen LogP contribution in [0.3, 0.4) is 0 Å². The molecule has 1 aliphatic rings. The first kappa shape index (κ1) is 15.0. The molecule has 0 bridgehead atoms. The van der Waals surface area contributed by atoms with Crippen LogP contribution in [0.5, 0.6) is 0 Å². The largest absolute Gasteiger partial charge is 0.467 e. The van der Waals surface area contributed by atoms with Crippen molar-refractivity contribution in [3.8, 4) is 0 Å². The summed E-state index contributed by atoms with van der Waals surface area (Å²) < 4.78 is 5.34. The highest BCUT2D eigenvalue weighted by atomic mass is 35.5. The first-order chi connectivity index (χ1) is 11.7. The van der Waals surface area contributed by atoms with Crippen molar-refractivity contribution >= 4 is 28.8 Å². The zero-order valence-electron chi connectivity index (χ0n) is 13.2. The van der Waals surface area contributed by atoms with Crippen LogP contribution in [-0.2, 0) is 13.0 Å². The number of benzene rings is 1. The fourth-order valence-electron chi connectivity index (χ4n) is 2.82. The van der Waals surface area contributed by atoms with E-state index in [0.717, 1.165) is 46.1 Å². The van der Waals surface area contributed by atoms with E-state index < -0.39 is 0 Å². The van der Waals surface area contributed by atoms with Crippen molar-refractivity contribution in [3.05, 3.63) is 76.3 Å². The number of fused-ring (bicyclic) bond motifs is 1. The summed E-state index contributed by atoms with van der Waals surface area (Å²) in [5, 5.41) is 4.04. The van der Waals surface area contributed by atoms with Gasteiger partial charge in [-0.2, -0.15) is 0 Å². The minimum atomic E-state index is 0.627. The van der Waals surface area contributed by atoms with E-state index in [2.05, 4.69) is 21.4 Å². The lowest BCUT2D eigenvalue weighted by Gasteiger charge is -2.09. The lowest BCUT2D eigenvalue weighted by atomic mass is 10.0. The molecule has 5 heteroatoms. The summed E-state index contributed by atoms with van der Waals surface area (Å²) in [6.07, 6.45) is 4.27. The summed E-state index contributed by atoms with van der Waals surface area (Å²) in [5.74, 6) is 1.68. The Balaban J connectivity index is 1.58. The molecule has 0 atom stereocenters. The van der Waals surface area contributed by atoms with Crippen LogP contribution in [0.1, 0.15) is 22.5 Å². The molecule has 0 spiro atoms. The van der Waals surface area contributed by atoms with Crippen LogP contribution in [0.2, 0.25) is 5.02 Å². The lowest BCUT2D eigenvalue weighted by Crippen LogP contribution is -2.04. The summed E-state index contributed by atoms with van der Waals surface area (Å²) in [5.41, 5.74) is 5.17. The molecule has 0 amide bonds. The molecule has 0 fully saturated rings. The molecule has 3 heterocycles. The smallest absolute Gasteiger partial charge is 0.155 e. The topological polar surface area (TPSA) is 50.4 Å². The number of aryl methyl sites for hydroxylation is 1. The van der Waals surface area contributed by atoms with Gasteiger partial charge in [-0.05, 0) is 42.8 Å². The highest BCUT2D eigenvalue weighted by Gasteiger charge is 2.19. The van der Waals surface area contributed by atoms with Gasteiger partial charge in [0.15, 0.2) is 5.82 Å². The van der Waals surface area contributed by atoms with E-state index in [-0.39, 0.29) is 0 Å². The van der Waals surface area contributed by atoms with E-state index in [0.29, 0.717) is 11.6 Å². The Morgan fingerprint density at radius 1 is 1.25 bits per heavy atom. The van der Waals surface area contributed by atoms with Gasteiger partial charge in [0.25, 0.3) is 0 Å². The third kappa shape index (κ3) is 2.93. The number of furan rings is 1. The predicted octanol–water partition coefficient (Wildman–Crippen LogP) is 4.93. The summed E-state index contributed by atoms with van der Waals surface area (Å²) in [7, 11) is 0. The van der Waals surface area contributed by atoms with Gasteiger partial charge in [-0.25, -0.2) is 9.98 Å². The molecule has 3 aromatic rings. The second-order valence-electron chi connectivity index (χ2n) is 5.86. The number of aromatic nitrogens is 1. The maximum absolute atomic E-state index is 6.40. The van der Waals surface area contributed by atoms with Gasteiger partial charge < -0.3 is 9.73 Å². The SMILES string of the molecule is Cc1cnc2c(c1)CC(c1cc(NCc3ccco3)ccc1Cl)=N2. The van der Waals surface area contributed by atoms with Crippen LogP contribution in [0.25, 0.3) is 0 Å². The van der Waals surface area contributed by atoms with Gasteiger partial charge >= 0.3 is 0 Å². The Morgan fingerprint density at radius 3 is 3.00 bits per heavy atom. The Labute approximate surface area is 145 Å². The zero-order chi connectivity index (χ0) is 16.5. The summed E-state index contributed by atoms with van der Waals surface area (Å²) >= 11 is 6.40. The van der Waals surface area contributed by atoms with Crippen molar-refractivity contribution in [2.45, 2.75) is 19.9 Å². The third-order valence-corrected chi connectivity index (χ3v) is 4.33. The molecule has 0 aliphatic carbocycles. The van der Waals surface area contributed by atoms with Crippen molar-refractivity contribution in [1.82, 2.24) is 4.98 Å². The highest BCUT2D eigenvalue weighted by molar-refractivity contribution is 6.34. The molecule has 24 heavy (non-hydrogen) atoms. The van der Waals surface area contributed by atoms with Gasteiger partial charge in [0.1, 0.15) is 5.76 Å². The molecule has 1 aliphatic heterocycles. The monoisotopic (exact) mass is 337 g/mol. The molecule has 2 aromatic heterocycles. The molecule has 4 nitrogen and oxygen atoms in total. The van der Waals surface area contributed by atoms with Crippen molar-refractivity contribution in [1.29, 1.82) is 0 Å². The second-order valence-corrected chi connectivity index (χ2v) is 6.27. The summed E-state index contributed by atoms with van der Waals surface area (Å²) in [6.45, 7) is 2.67. The number of hydrogen-bond donors (Lipinski definition) is 1. The molecule has 1 N–H and O–H groups in total. The number of hydrogen-bond acceptors (Lipinski definition) is 4. The number of nitrogens with zero attached hydrogens (tertiary/aromatic N) is 2. The van der Waals surface area contributed by atoms with E-state index in [9.17, 15) is 0 Å². The normalized spacial score (nSPS) is 12.8. The highest BCUT2D eigenvalue weighted by Crippen LogP contribution is 2.31. The third-order valence-electron chi connectivity index (χ3n) is 4.00. The molecule has 0 radical (unpaired) electrons. The standard InChI is InChI=1S/C19H16ClN3O/c1-12-7-13-8-18(23-19(13)22-10-12)16-9-14(4-5-17(16)20)21-11-15-3-2-6-24-15/h2-7,9-10,21H,8,11H2,1H3. The van der Waals surface area contributed by atoms with Gasteiger partial charge in [0.05, 0.1) is 18.5 Å². The van der Waals surface area contributed by atoms with Crippen LogP contribution in [0.15, 0.2) is 58.3 Å². The number of rotatable bonds is 4. The van der Waals surface area contributed by atoms with Gasteiger partial charge in [0, 0.05) is 34.5 Å². The van der Waals surface area contributed by atoms with Crippen molar-refractivity contribution < 1.29 is 4.42 Å². The van der Waals surface area contributed by atoms with Crippen LogP contribution >= 0.6 is 11.6 Å². The molecular weight excluding hydrogens is 322 g/mol. The Bertz CT molecular complexity index is 916. The number of pyridine rings is 1.